The van der Waals surface area contributed by atoms with E-state index in [0.29, 0.717) is 0 Å². The zero-order chi connectivity index (χ0) is 20.7. The second kappa shape index (κ2) is 7.21. The molecular weight excluding hydrogens is 364 g/mol. The van der Waals surface area contributed by atoms with Crippen molar-refractivity contribution in [2.24, 2.45) is 14.1 Å². The molecule has 0 atom stereocenters. The van der Waals surface area contributed by atoms with Crippen LogP contribution in [0.25, 0.3) is 33.1 Å². The summed E-state index contributed by atoms with van der Waals surface area (Å²) in [6, 6.07) is 27.7. The lowest BCUT2D eigenvalue weighted by Crippen LogP contribution is -2.30. The molecule has 0 N–H and O–H groups in total. The Bertz CT molecular complexity index is 1480. The van der Waals surface area contributed by atoms with Crippen molar-refractivity contribution in [3.63, 3.8) is 0 Å². The molecule has 0 amide bonds. The molecule has 2 nitrogen and oxygen atoms in total. The molecule has 0 radical (unpaired) electrons. The number of fused-ring (bicyclic) bond motifs is 3. The molecule has 30 heavy (non-hydrogen) atoms. The second-order valence-electron chi connectivity index (χ2n) is 7.78. The van der Waals surface area contributed by atoms with E-state index in [1.807, 2.05) is 6.07 Å². The number of rotatable bonds is 1. The van der Waals surface area contributed by atoms with Crippen molar-refractivity contribution < 1.29 is 4.57 Å². The first-order valence-electron chi connectivity index (χ1n) is 10.2. The minimum Gasteiger partial charge on any atom is -0.344 e. The maximum atomic E-state index is 3.37. The van der Waals surface area contributed by atoms with E-state index in [2.05, 4.69) is 121 Å². The lowest BCUT2D eigenvalue weighted by molar-refractivity contribution is -0.660. The topological polar surface area (TPSA) is 8.81 Å². The predicted molar refractivity (Wildman–Crippen MR) is 124 cm³/mol. The summed E-state index contributed by atoms with van der Waals surface area (Å²) in [5.41, 5.74) is 8.17. The van der Waals surface area contributed by atoms with E-state index in [1.54, 1.807) is 0 Å². The number of pyridine rings is 1. The van der Waals surface area contributed by atoms with Gasteiger partial charge in [0, 0.05) is 46.6 Å². The molecule has 2 heterocycles. The van der Waals surface area contributed by atoms with Gasteiger partial charge in [-0.2, -0.15) is 0 Å². The molecule has 2 aromatic heterocycles. The fraction of sp³-hybridized carbons (Fsp3) is 0.107. The van der Waals surface area contributed by atoms with Crippen LogP contribution in [0.15, 0.2) is 85.1 Å². The number of hydrogen-bond donors (Lipinski definition) is 0. The fourth-order valence-corrected chi connectivity index (χ4v) is 4.16. The third-order valence-electron chi connectivity index (χ3n) is 5.83. The summed E-state index contributed by atoms with van der Waals surface area (Å²) in [5, 5.41) is 2.56. The maximum Gasteiger partial charge on any atom is 0.212 e. The minimum atomic E-state index is 1.02. The molecule has 0 saturated carbocycles. The zero-order valence-corrected chi connectivity index (χ0v) is 17.5. The molecule has 2 heteroatoms. The molecular formula is C28H23N2+. The van der Waals surface area contributed by atoms with Crippen molar-refractivity contribution in [3.8, 4) is 23.1 Å². The van der Waals surface area contributed by atoms with Crippen molar-refractivity contribution in [3.05, 3.63) is 102 Å². The van der Waals surface area contributed by atoms with Crippen LogP contribution >= 0.6 is 0 Å². The van der Waals surface area contributed by atoms with Gasteiger partial charge in [-0.25, -0.2) is 4.57 Å². The largest absolute Gasteiger partial charge is 0.344 e. The normalized spacial score (nSPS) is 10.9. The van der Waals surface area contributed by atoms with E-state index < -0.39 is 0 Å². The molecule has 0 spiro atoms. The Morgan fingerprint density at radius 2 is 1.43 bits per heavy atom. The van der Waals surface area contributed by atoms with Crippen LogP contribution in [0.3, 0.4) is 0 Å². The van der Waals surface area contributed by atoms with E-state index in [-0.39, 0.29) is 0 Å². The van der Waals surface area contributed by atoms with E-state index in [0.717, 1.165) is 11.1 Å². The molecule has 0 bridgehead atoms. The average molecular weight is 388 g/mol. The quantitative estimate of drug-likeness (QED) is 0.264. The van der Waals surface area contributed by atoms with Gasteiger partial charge in [0.15, 0.2) is 6.20 Å². The van der Waals surface area contributed by atoms with Crippen LogP contribution in [-0.2, 0) is 14.1 Å². The van der Waals surface area contributed by atoms with E-state index in [9.17, 15) is 0 Å². The van der Waals surface area contributed by atoms with Gasteiger partial charge in [0.25, 0.3) is 0 Å². The summed E-state index contributed by atoms with van der Waals surface area (Å²) in [7, 11) is 4.19. The van der Waals surface area contributed by atoms with E-state index >= 15 is 0 Å². The Hall–Kier alpha value is -3.83. The highest BCUT2D eigenvalue weighted by Gasteiger charge is 2.11. The van der Waals surface area contributed by atoms with Crippen LogP contribution in [0, 0.1) is 18.8 Å². The molecule has 0 aliphatic carbocycles. The van der Waals surface area contributed by atoms with Crippen molar-refractivity contribution in [2.45, 2.75) is 6.92 Å². The van der Waals surface area contributed by atoms with Gasteiger partial charge in [-0.05, 0) is 48.9 Å². The molecule has 3 aromatic carbocycles. The Morgan fingerprint density at radius 1 is 0.733 bits per heavy atom. The predicted octanol–water partition coefficient (Wildman–Crippen LogP) is 5.53. The van der Waals surface area contributed by atoms with Crippen molar-refractivity contribution in [1.82, 2.24) is 4.57 Å². The number of aryl methyl sites for hydroxylation is 3. The van der Waals surface area contributed by atoms with Gasteiger partial charge in [-0.15, -0.1) is 0 Å². The first-order chi connectivity index (χ1) is 14.6. The van der Waals surface area contributed by atoms with Crippen LogP contribution in [0.1, 0.15) is 16.7 Å². The van der Waals surface area contributed by atoms with E-state index in [4.69, 9.17) is 0 Å². The minimum absolute atomic E-state index is 1.02. The van der Waals surface area contributed by atoms with Gasteiger partial charge in [-0.3, -0.25) is 0 Å². The number of aromatic nitrogens is 2. The Balaban J connectivity index is 1.56. The number of nitrogens with zero attached hydrogens (tertiary/aromatic N) is 2. The van der Waals surface area contributed by atoms with Crippen LogP contribution in [0.4, 0.5) is 0 Å². The van der Waals surface area contributed by atoms with Crippen LogP contribution in [-0.4, -0.2) is 4.57 Å². The SMILES string of the molecule is Cc1ccc(C#Cc2ccc3c4ccccc4n(C)c3c2)cc1-c1cccc[n+]1C. The van der Waals surface area contributed by atoms with Gasteiger partial charge < -0.3 is 4.57 Å². The lowest BCUT2D eigenvalue weighted by atomic mass is 10.0. The lowest BCUT2D eigenvalue weighted by Gasteiger charge is -2.04. The monoisotopic (exact) mass is 387 g/mol. The van der Waals surface area contributed by atoms with Crippen LogP contribution < -0.4 is 4.57 Å². The maximum absolute atomic E-state index is 3.37. The van der Waals surface area contributed by atoms with Crippen LogP contribution in [0.2, 0.25) is 0 Å². The van der Waals surface area contributed by atoms with Gasteiger partial charge in [-0.1, -0.05) is 42.2 Å². The summed E-state index contributed by atoms with van der Waals surface area (Å²) in [5.74, 6) is 6.73. The third-order valence-corrected chi connectivity index (χ3v) is 5.83. The summed E-state index contributed by atoms with van der Waals surface area (Å²) in [6.45, 7) is 2.15. The molecule has 0 unspecified atom stereocenters. The van der Waals surface area contributed by atoms with Gasteiger partial charge >= 0.3 is 0 Å². The molecule has 5 aromatic rings. The molecule has 144 valence electrons. The molecule has 0 saturated heterocycles. The molecule has 0 aliphatic heterocycles. The fourth-order valence-electron chi connectivity index (χ4n) is 4.16. The standard InChI is InChI=1S/C28H23N2/c1-20-11-12-21(18-25(20)26-9-6-7-17-29(26)2)13-14-22-15-16-24-23-8-4-5-10-27(23)30(3)28(24)19-22/h4-12,15-19H,1-3H3/q+1. The highest BCUT2D eigenvalue weighted by atomic mass is 14.9. The summed E-state index contributed by atoms with van der Waals surface area (Å²) >= 11 is 0. The first-order valence-corrected chi connectivity index (χ1v) is 10.2. The van der Waals surface area contributed by atoms with E-state index in [1.165, 1.54) is 38.6 Å². The second-order valence-corrected chi connectivity index (χ2v) is 7.78. The first kappa shape index (κ1) is 18.2. The zero-order valence-electron chi connectivity index (χ0n) is 17.5. The smallest absolute Gasteiger partial charge is 0.212 e. The Kier molecular flexibility index (Phi) is 4.38. The van der Waals surface area contributed by atoms with Gasteiger partial charge in [0.2, 0.25) is 5.69 Å². The highest BCUT2D eigenvalue weighted by Crippen LogP contribution is 2.28. The summed E-state index contributed by atoms with van der Waals surface area (Å²) in [4.78, 5) is 0. The average Bonchev–Trinajstić information content (AvgIpc) is 3.06. The van der Waals surface area contributed by atoms with Crippen molar-refractivity contribution >= 4 is 21.8 Å². The number of hydrogen-bond acceptors (Lipinski definition) is 0. The molecule has 0 fully saturated rings. The molecule has 0 aliphatic rings. The highest BCUT2D eigenvalue weighted by molar-refractivity contribution is 6.08. The third kappa shape index (κ3) is 3.06. The van der Waals surface area contributed by atoms with Gasteiger partial charge in [0.1, 0.15) is 7.05 Å². The van der Waals surface area contributed by atoms with Crippen LogP contribution in [0.5, 0.6) is 0 Å². The summed E-state index contributed by atoms with van der Waals surface area (Å²) in [6.07, 6.45) is 2.08. The van der Waals surface area contributed by atoms with Crippen molar-refractivity contribution in [2.75, 3.05) is 0 Å². The van der Waals surface area contributed by atoms with Crippen molar-refractivity contribution in [1.29, 1.82) is 0 Å². The number of para-hydroxylation sites is 1. The summed E-state index contributed by atoms with van der Waals surface area (Å²) < 4.78 is 4.39. The molecule has 5 rings (SSSR count). The number of benzene rings is 3. The van der Waals surface area contributed by atoms with Gasteiger partial charge in [0.05, 0.1) is 11.1 Å². The Morgan fingerprint density at radius 3 is 2.27 bits per heavy atom. The Labute approximate surface area is 177 Å².